The fourth-order valence-corrected chi connectivity index (χ4v) is 2.63. The fraction of sp³-hybridized carbons (Fsp3) is 0.0625. The summed E-state index contributed by atoms with van der Waals surface area (Å²) in [6, 6.07) is 13.0. The van der Waals surface area contributed by atoms with E-state index >= 15 is 0 Å². The average molecular weight is 250 g/mol. The Balaban J connectivity index is 2.10. The predicted octanol–water partition coefficient (Wildman–Crippen LogP) is 3.65. The highest BCUT2D eigenvalue weighted by Crippen LogP contribution is 2.43. The van der Waals surface area contributed by atoms with Crippen molar-refractivity contribution >= 4 is 16.8 Å². The van der Waals surface area contributed by atoms with Crippen LogP contribution in [0.2, 0.25) is 0 Å². The summed E-state index contributed by atoms with van der Waals surface area (Å²) in [4.78, 5) is 12.5. The third-order valence-corrected chi connectivity index (χ3v) is 3.54. The van der Waals surface area contributed by atoms with Gasteiger partial charge in [-0.05, 0) is 18.2 Å². The number of furan rings is 1. The van der Waals surface area contributed by atoms with Gasteiger partial charge in [0, 0.05) is 16.5 Å². The third kappa shape index (κ3) is 1.24. The van der Waals surface area contributed by atoms with Gasteiger partial charge in [0.05, 0.1) is 12.7 Å². The molecule has 19 heavy (non-hydrogen) atoms. The Labute approximate surface area is 109 Å². The lowest BCUT2D eigenvalue weighted by Gasteiger charge is -1.99. The molecule has 0 bridgehead atoms. The number of rotatable bonds is 1. The molecule has 3 heteroatoms. The minimum absolute atomic E-state index is 0.0256. The van der Waals surface area contributed by atoms with Gasteiger partial charge >= 0.3 is 0 Å². The molecule has 3 nitrogen and oxygen atoms in total. The monoisotopic (exact) mass is 250 g/mol. The maximum absolute atomic E-state index is 12.5. The minimum atomic E-state index is 0.0256. The number of ether oxygens (including phenoxy) is 1. The van der Waals surface area contributed by atoms with Crippen molar-refractivity contribution in [1.82, 2.24) is 0 Å². The molecule has 1 aliphatic rings. The van der Waals surface area contributed by atoms with E-state index < -0.39 is 0 Å². The van der Waals surface area contributed by atoms with Gasteiger partial charge in [0.25, 0.3) is 0 Å². The van der Waals surface area contributed by atoms with Crippen molar-refractivity contribution in [3.8, 4) is 17.1 Å². The summed E-state index contributed by atoms with van der Waals surface area (Å²) in [5, 5.41) is 0.815. The Bertz CT molecular complexity index is 827. The van der Waals surface area contributed by atoms with Gasteiger partial charge < -0.3 is 9.15 Å². The second-order valence-corrected chi connectivity index (χ2v) is 4.54. The number of ketones is 1. The van der Waals surface area contributed by atoms with Crippen LogP contribution in [0.25, 0.3) is 22.3 Å². The first-order chi connectivity index (χ1) is 9.29. The standard InChI is InChI=1S/C16H10O3/c1-18-9-6-7-13-12(8-9)14-15(17)10-4-2-3-5-11(10)16(14)19-13/h2-8H,1H3. The average Bonchev–Trinajstić information content (AvgIpc) is 2.96. The normalized spacial score (nSPS) is 12.6. The largest absolute Gasteiger partial charge is 0.497 e. The molecule has 1 heterocycles. The van der Waals surface area contributed by atoms with Gasteiger partial charge in [-0.25, -0.2) is 0 Å². The maximum Gasteiger partial charge on any atom is 0.198 e. The van der Waals surface area contributed by atoms with Gasteiger partial charge in [-0.15, -0.1) is 0 Å². The molecule has 1 aliphatic carbocycles. The second kappa shape index (κ2) is 3.48. The molecule has 0 saturated carbocycles. The lowest BCUT2D eigenvalue weighted by Crippen LogP contribution is -1.94. The van der Waals surface area contributed by atoms with Crippen molar-refractivity contribution in [2.45, 2.75) is 0 Å². The zero-order chi connectivity index (χ0) is 13.0. The van der Waals surface area contributed by atoms with Crippen LogP contribution in [0.1, 0.15) is 15.9 Å². The van der Waals surface area contributed by atoms with Crippen LogP contribution in [0.4, 0.5) is 0 Å². The Morgan fingerprint density at radius 2 is 1.84 bits per heavy atom. The number of hydrogen-bond donors (Lipinski definition) is 0. The molecule has 3 aromatic rings. The van der Waals surface area contributed by atoms with E-state index in [1.807, 2.05) is 42.5 Å². The minimum Gasteiger partial charge on any atom is -0.497 e. The molecular formula is C16H10O3. The van der Waals surface area contributed by atoms with Crippen LogP contribution in [0.5, 0.6) is 5.75 Å². The van der Waals surface area contributed by atoms with Gasteiger partial charge in [0.2, 0.25) is 0 Å². The van der Waals surface area contributed by atoms with Crippen molar-refractivity contribution in [2.75, 3.05) is 7.11 Å². The molecular weight excluding hydrogens is 240 g/mol. The summed E-state index contributed by atoms with van der Waals surface area (Å²) in [6.07, 6.45) is 0. The number of methoxy groups -OCH3 is 1. The first-order valence-electron chi connectivity index (χ1n) is 6.04. The van der Waals surface area contributed by atoms with Crippen LogP contribution >= 0.6 is 0 Å². The molecule has 0 spiro atoms. The van der Waals surface area contributed by atoms with Crippen molar-refractivity contribution in [1.29, 1.82) is 0 Å². The molecule has 1 aromatic heterocycles. The van der Waals surface area contributed by atoms with Crippen LogP contribution < -0.4 is 4.74 Å². The van der Waals surface area contributed by atoms with Crippen LogP contribution in [0.3, 0.4) is 0 Å². The molecule has 92 valence electrons. The van der Waals surface area contributed by atoms with Crippen LogP contribution in [0, 0.1) is 0 Å². The van der Waals surface area contributed by atoms with E-state index in [4.69, 9.17) is 9.15 Å². The van der Waals surface area contributed by atoms with Crippen LogP contribution in [-0.4, -0.2) is 12.9 Å². The van der Waals surface area contributed by atoms with Crippen LogP contribution in [-0.2, 0) is 0 Å². The highest BCUT2D eigenvalue weighted by molar-refractivity contribution is 6.26. The lowest BCUT2D eigenvalue weighted by atomic mass is 10.1. The number of carbonyl (C=O) groups excluding carboxylic acids is 1. The Morgan fingerprint density at radius 3 is 2.63 bits per heavy atom. The second-order valence-electron chi connectivity index (χ2n) is 4.54. The van der Waals surface area contributed by atoms with E-state index in [0.29, 0.717) is 22.5 Å². The summed E-state index contributed by atoms with van der Waals surface area (Å²) in [5.41, 5.74) is 2.95. The van der Waals surface area contributed by atoms with Gasteiger partial charge in [-0.3, -0.25) is 4.79 Å². The highest BCUT2D eigenvalue weighted by atomic mass is 16.5. The van der Waals surface area contributed by atoms with Gasteiger partial charge in [-0.1, -0.05) is 24.3 Å². The molecule has 0 N–H and O–H groups in total. The molecule has 0 radical (unpaired) electrons. The summed E-state index contributed by atoms with van der Waals surface area (Å²) in [6.45, 7) is 0. The lowest BCUT2D eigenvalue weighted by molar-refractivity contribution is 0.104. The van der Waals surface area contributed by atoms with Crippen molar-refractivity contribution in [3.63, 3.8) is 0 Å². The molecule has 0 aliphatic heterocycles. The Hall–Kier alpha value is -2.55. The first-order valence-corrected chi connectivity index (χ1v) is 6.04. The van der Waals surface area contributed by atoms with Gasteiger partial charge in [0.15, 0.2) is 5.78 Å². The smallest absolute Gasteiger partial charge is 0.198 e. The van der Waals surface area contributed by atoms with E-state index in [0.717, 1.165) is 16.7 Å². The molecule has 0 unspecified atom stereocenters. The van der Waals surface area contributed by atoms with E-state index in [2.05, 4.69) is 0 Å². The van der Waals surface area contributed by atoms with E-state index in [1.54, 1.807) is 7.11 Å². The van der Waals surface area contributed by atoms with Crippen molar-refractivity contribution in [2.24, 2.45) is 0 Å². The number of benzene rings is 2. The number of fused-ring (bicyclic) bond motifs is 5. The summed E-state index contributed by atoms with van der Waals surface area (Å²) in [5.74, 6) is 1.42. The third-order valence-electron chi connectivity index (χ3n) is 3.54. The summed E-state index contributed by atoms with van der Waals surface area (Å²) >= 11 is 0. The first kappa shape index (κ1) is 10.4. The topological polar surface area (TPSA) is 39.4 Å². The summed E-state index contributed by atoms with van der Waals surface area (Å²) in [7, 11) is 1.61. The van der Waals surface area contributed by atoms with E-state index in [-0.39, 0.29) is 5.78 Å². The molecule has 0 amide bonds. The van der Waals surface area contributed by atoms with Crippen molar-refractivity contribution < 1.29 is 13.9 Å². The number of hydrogen-bond acceptors (Lipinski definition) is 3. The fourth-order valence-electron chi connectivity index (χ4n) is 2.63. The molecule has 0 atom stereocenters. The van der Waals surface area contributed by atoms with Crippen LogP contribution in [0.15, 0.2) is 46.9 Å². The molecule has 4 rings (SSSR count). The maximum atomic E-state index is 12.5. The highest BCUT2D eigenvalue weighted by Gasteiger charge is 2.32. The van der Waals surface area contributed by atoms with E-state index in [9.17, 15) is 4.79 Å². The van der Waals surface area contributed by atoms with E-state index in [1.165, 1.54) is 0 Å². The zero-order valence-corrected chi connectivity index (χ0v) is 10.3. The predicted molar refractivity (Wildman–Crippen MR) is 71.6 cm³/mol. The Morgan fingerprint density at radius 1 is 1.05 bits per heavy atom. The molecule has 2 aromatic carbocycles. The van der Waals surface area contributed by atoms with Gasteiger partial charge in [-0.2, -0.15) is 0 Å². The van der Waals surface area contributed by atoms with Crippen molar-refractivity contribution in [3.05, 3.63) is 53.6 Å². The Kier molecular flexibility index (Phi) is 1.90. The SMILES string of the molecule is COc1ccc2oc3c(c2c1)C(=O)c1ccccc1-3. The zero-order valence-electron chi connectivity index (χ0n) is 10.3. The molecule has 0 saturated heterocycles. The number of carbonyl (C=O) groups is 1. The quantitative estimate of drug-likeness (QED) is 0.517. The molecule has 0 fully saturated rings. The van der Waals surface area contributed by atoms with Gasteiger partial charge in [0.1, 0.15) is 17.1 Å². The summed E-state index contributed by atoms with van der Waals surface area (Å²) < 4.78 is 11.0.